The van der Waals surface area contributed by atoms with Gasteiger partial charge in [0.15, 0.2) is 23.1 Å². The van der Waals surface area contributed by atoms with Gasteiger partial charge in [-0.1, -0.05) is 212 Å². The molecule has 0 aliphatic carbocycles. The molecule has 2 fully saturated rings. The van der Waals surface area contributed by atoms with Crippen molar-refractivity contribution in [3.05, 3.63) is 71.8 Å². The highest BCUT2D eigenvalue weighted by molar-refractivity contribution is 5.95. The van der Waals surface area contributed by atoms with Gasteiger partial charge in [-0.15, -0.1) is 0 Å². The van der Waals surface area contributed by atoms with Crippen molar-refractivity contribution >= 4 is 58.6 Å². The Morgan fingerprint density at radius 1 is 0.477 bits per heavy atom. The Hall–Kier alpha value is -6.30. The third-order valence-electron chi connectivity index (χ3n) is 23.8. The SMILES string of the molecule is CC[C@H](C)[C@@H]([C@@H](CC(=O)N1CCC[C@H]1[C@H](OC)[C@@H](C)C(=O)N[C@@H](Cc1ccccc1)C(=O)C(C)(C)C)OC)N(C)C(=O)[C@@H](CC(=O)[C@@H](NC)C(C)C)C(C)C.CC[C@H](C)[C@@H]([C@@H](CC(=O)N1CCC[C@H]1[C@H](OC)[C@@H](C)C(=O)N[C@@H](Cc1ccccc1)C(=O)C(C)(C)C)OC)N(C)C(=O)[C@@H](CC(=O)[C@H](C(C)C)N(C)C)C(C)C. The van der Waals surface area contributed by atoms with Crippen LogP contribution < -0.4 is 16.0 Å². The lowest BCUT2D eigenvalue weighted by Gasteiger charge is -2.41. The molecule has 6 amide bonds. The largest absolute Gasteiger partial charge is 0.379 e. The van der Waals surface area contributed by atoms with E-state index in [1.165, 1.54) is 0 Å². The fourth-order valence-corrected chi connectivity index (χ4v) is 16.9. The Kier molecular flexibility index (Phi) is 41.3. The van der Waals surface area contributed by atoms with Crippen LogP contribution >= 0.6 is 0 Å². The summed E-state index contributed by atoms with van der Waals surface area (Å²) in [5, 5.41) is 9.20. The summed E-state index contributed by atoms with van der Waals surface area (Å²) in [5.41, 5.74) is 0.578. The van der Waals surface area contributed by atoms with E-state index in [-0.39, 0.29) is 144 Å². The molecular formula is C89H150N8O14. The van der Waals surface area contributed by atoms with Crippen LogP contribution in [0.25, 0.3) is 0 Å². The molecule has 630 valence electrons. The van der Waals surface area contributed by atoms with Gasteiger partial charge in [-0.2, -0.15) is 0 Å². The number of methoxy groups -OCH3 is 4. The summed E-state index contributed by atoms with van der Waals surface area (Å²) in [6, 6.07) is 15.7. The van der Waals surface area contributed by atoms with Crippen LogP contribution in [0.5, 0.6) is 0 Å². The number of nitrogens with zero attached hydrogens (tertiary/aromatic N) is 5. The van der Waals surface area contributed by atoms with E-state index in [0.29, 0.717) is 38.8 Å². The molecule has 18 atom stereocenters. The number of carbonyl (C=O) groups excluding carboxylic acids is 10. The summed E-state index contributed by atoms with van der Waals surface area (Å²) in [5.74, 6) is -3.46. The van der Waals surface area contributed by atoms with E-state index < -0.39 is 83.1 Å². The van der Waals surface area contributed by atoms with Gasteiger partial charge in [0, 0.05) is 91.1 Å². The van der Waals surface area contributed by atoms with E-state index in [0.717, 1.165) is 36.8 Å². The average Bonchev–Trinajstić information content (AvgIpc) is 1.78. The average molecular weight is 1560 g/mol. The van der Waals surface area contributed by atoms with Crippen molar-refractivity contribution in [1.82, 2.24) is 40.4 Å². The summed E-state index contributed by atoms with van der Waals surface area (Å²) in [6.45, 7) is 39.9. The number of likely N-dealkylation sites (N-methyl/N-ethyl adjacent to an activating group) is 4. The molecule has 2 aliphatic rings. The molecule has 0 spiro atoms. The summed E-state index contributed by atoms with van der Waals surface area (Å²) in [4.78, 5) is 148. The van der Waals surface area contributed by atoms with E-state index in [1.807, 2.05) is 181 Å². The van der Waals surface area contributed by atoms with Gasteiger partial charge in [-0.25, -0.2) is 0 Å². The number of nitrogens with one attached hydrogen (secondary N) is 3. The van der Waals surface area contributed by atoms with Crippen LogP contribution in [0.3, 0.4) is 0 Å². The topological polar surface area (TPSA) is 260 Å². The van der Waals surface area contributed by atoms with Gasteiger partial charge >= 0.3 is 0 Å². The number of hydrogen-bond acceptors (Lipinski definition) is 16. The third-order valence-corrected chi connectivity index (χ3v) is 23.8. The zero-order valence-corrected chi connectivity index (χ0v) is 73.8. The first-order valence-electron chi connectivity index (χ1n) is 41.3. The van der Waals surface area contributed by atoms with Crippen molar-refractivity contribution in [3.63, 3.8) is 0 Å². The smallest absolute Gasteiger partial charge is 0.226 e. The van der Waals surface area contributed by atoms with Crippen molar-refractivity contribution < 1.29 is 66.9 Å². The van der Waals surface area contributed by atoms with E-state index >= 15 is 0 Å². The van der Waals surface area contributed by atoms with Crippen LogP contribution in [0.4, 0.5) is 0 Å². The number of benzene rings is 2. The first kappa shape index (κ1) is 98.9. The second kappa shape index (κ2) is 46.3. The molecule has 2 saturated heterocycles. The molecule has 0 bridgehead atoms. The highest BCUT2D eigenvalue weighted by Crippen LogP contribution is 2.35. The van der Waals surface area contributed by atoms with Gasteiger partial charge in [-0.3, -0.25) is 52.8 Å². The Balaban J connectivity index is 0.000000575. The first-order chi connectivity index (χ1) is 51.9. The van der Waals surface area contributed by atoms with Crippen LogP contribution in [0.15, 0.2) is 60.7 Å². The first-order valence-corrected chi connectivity index (χ1v) is 41.3. The minimum Gasteiger partial charge on any atom is -0.379 e. The second-order valence-corrected chi connectivity index (χ2v) is 35.6. The normalized spacial score (nSPS) is 19.3. The fraction of sp³-hybridized carbons (Fsp3) is 0.753. The third kappa shape index (κ3) is 28.0. The summed E-state index contributed by atoms with van der Waals surface area (Å²) in [7, 11) is 15.4. The van der Waals surface area contributed by atoms with Crippen LogP contribution in [-0.2, 0) is 79.7 Å². The standard InChI is InChI=1S/C45H76N4O7.C44H74N4O7/c1-16-30(6)40(48(13)44(54)33(28(2)3)26-36(50)39(29(4)5)47(11)12)37(55-14)27-38(51)49-24-20-23-35(49)41(56-15)31(7)43(53)46-34(42(52)45(8,9)10)25-32-21-18-17-19-22-32;1-15-29(6)39(47(12)43(53)32(27(2)3)25-35(49)38(45-11)28(4)5)36(54-13)26-37(50)48-23-19-22-34(48)40(55-14)30(7)42(52)46-33(41(51)44(8,9)10)24-31-20-17-16-18-21-31/h17-19,21-22,28-31,33-35,37,39-41H,16,20,23-27H2,1-15H3,(H,46,53);16-18,20-21,27-30,32-34,36,38-40,45H,15,19,22-26H2,1-14H3,(H,46,52)/t30-,31+,33-,34-,35-,37+,39-,40-,41+;29-,30+,32-,33-,34-,36+,38-,39-,40+/m00/s1. The van der Waals surface area contributed by atoms with E-state index in [9.17, 15) is 47.9 Å². The zero-order chi connectivity index (χ0) is 84.4. The van der Waals surface area contributed by atoms with Crippen LogP contribution in [-0.4, -0.2) is 233 Å². The molecule has 0 radical (unpaired) electrons. The fourth-order valence-electron chi connectivity index (χ4n) is 16.9. The molecule has 0 saturated carbocycles. The predicted octanol–water partition coefficient (Wildman–Crippen LogP) is 11.8. The van der Waals surface area contributed by atoms with E-state index in [1.54, 1.807) is 78.1 Å². The number of likely N-dealkylation sites (tertiary alicyclic amines) is 2. The number of hydrogen-bond donors (Lipinski definition) is 3. The zero-order valence-electron chi connectivity index (χ0n) is 73.8. The summed E-state index contributed by atoms with van der Waals surface area (Å²) >= 11 is 0. The van der Waals surface area contributed by atoms with Crippen molar-refractivity contribution in [1.29, 1.82) is 0 Å². The molecule has 4 rings (SSSR count). The number of Topliss-reactive ketones (excluding diaryl/α,β-unsaturated/α-hetero) is 4. The van der Waals surface area contributed by atoms with Crippen LogP contribution in [0.2, 0.25) is 0 Å². The number of amides is 6. The molecule has 2 heterocycles. The van der Waals surface area contributed by atoms with Crippen molar-refractivity contribution in [2.24, 2.45) is 70.0 Å². The minimum absolute atomic E-state index is 0.000131. The second-order valence-electron chi connectivity index (χ2n) is 35.6. The predicted molar refractivity (Wildman–Crippen MR) is 441 cm³/mol. The molecule has 2 aromatic carbocycles. The Morgan fingerprint density at radius 2 is 0.820 bits per heavy atom. The lowest BCUT2D eigenvalue weighted by molar-refractivity contribution is -0.149. The lowest BCUT2D eigenvalue weighted by Crippen LogP contribution is -2.55. The molecule has 0 aromatic heterocycles. The maximum Gasteiger partial charge on any atom is 0.226 e. The monoisotopic (exact) mass is 1560 g/mol. The van der Waals surface area contributed by atoms with Crippen molar-refractivity contribution in [2.75, 3.05) is 76.8 Å². The van der Waals surface area contributed by atoms with Gasteiger partial charge in [-0.05, 0) is 106 Å². The van der Waals surface area contributed by atoms with E-state index in [2.05, 4.69) is 43.6 Å². The molecule has 3 N–H and O–H groups in total. The van der Waals surface area contributed by atoms with Crippen molar-refractivity contribution in [2.45, 2.75) is 288 Å². The van der Waals surface area contributed by atoms with Gasteiger partial charge in [0.05, 0.1) is 97.4 Å². The Morgan fingerprint density at radius 3 is 1.09 bits per heavy atom. The Bertz CT molecular complexity index is 3230. The molecule has 111 heavy (non-hydrogen) atoms. The number of carbonyl (C=O) groups is 10. The lowest BCUT2D eigenvalue weighted by atomic mass is 9.83. The molecule has 22 nitrogen and oxygen atoms in total. The summed E-state index contributed by atoms with van der Waals surface area (Å²) < 4.78 is 24.1. The highest BCUT2D eigenvalue weighted by atomic mass is 16.5. The van der Waals surface area contributed by atoms with Crippen LogP contribution in [0.1, 0.15) is 214 Å². The summed E-state index contributed by atoms with van der Waals surface area (Å²) in [6.07, 6.45) is 3.00. The van der Waals surface area contributed by atoms with E-state index in [4.69, 9.17) is 18.9 Å². The van der Waals surface area contributed by atoms with Gasteiger partial charge in [0.25, 0.3) is 0 Å². The van der Waals surface area contributed by atoms with Gasteiger partial charge < -0.3 is 54.5 Å². The van der Waals surface area contributed by atoms with Crippen molar-refractivity contribution in [3.8, 4) is 0 Å². The minimum atomic E-state index is -0.719. The quantitative estimate of drug-likeness (QED) is 0.0557. The molecule has 2 aromatic rings. The maximum atomic E-state index is 14.3. The van der Waals surface area contributed by atoms with Gasteiger partial charge in [0.2, 0.25) is 35.4 Å². The molecular weight excluding hydrogens is 1410 g/mol. The van der Waals surface area contributed by atoms with Gasteiger partial charge in [0.1, 0.15) is 0 Å². The number of ketones is 4. The number of rotatable bonds is 44. The number of ether oxygens (including phenoxy) is 4. The highest BCUT2D eigenvalue weighted by Gasteiger charge is 2.47. The van der Waals surface area contributed by atoms with Crippen LogP contribution in [0, 0.1) is 70.0 Å². The maximum absolute atomic E-state index is 14.3. The molecule has 0 unspecified atom stereocenters. The Labute approximate surface area is 669 Å². The molecule has 2 aliphatic heterocycles. The molecule has 22 heteroatoms.